The number of aromatic nitrogens is 1. The van der Waals surface area contributed by atoms with Crippen molar-refractivity contribution in [2.24, 2.45) is 0 Å². The van der Waals surface area contributed by atoms with Crippen LogP contribution < -0.4 is 10.5 Å². The van der Waals surface area contributed by atoms with Crippen LogP contribution in [0.2, 0.25) is 0 Å². The first-order chi connectivity index (χ1) is 8.58. The lowest BCUT2D eigenvalue weighted by Gasteiger charge is -2.11. The van der Waals surface area contributed by atoms with Gasteiger partial charge in [0.15, 0.2) is 0 Å². The van der Waals surface area contributed by atoms with E-state index >= 15 is 0 Å². The van der Waals surface area contributed by atoms with Gasteiger partial charge in [0, 0.05) is 16.2 Å². The van der Waals surface area contributed by atoms with Crippen molar-refractivity contribution in [1.82, 2.24) is 4.98 Å². The number of rotatable bonds is 3. The minimum Gasteiger partial charge on any atom is -0.486 e. The Kier molecular flexibility index (Phi) is 4.64. The average molecular weight is 437 g/mol. The Morgan fingerprint density at radius 1 is 1.17 bits per heavy atom. The van der Waals surface area contributed by atoms with Crippen molar-refractivity contribution >= 4 is 53.6 Å². The van der Waals surface area contributed by atoms with Crippen LogP contribution in [0.3, 0.4) is 0 Å². The van der Waals surface area contributed by atoms with Gasteiger partial charge in [-0.15, -0.1) is 0 Å². The van der Waals surface area contributed by atoms with E-state index in [1.54, 1.807) is 6.20 Å². The first kappa shape index (κ1) is 13.8. The minimum absolute atomic E-state index is 0.374. The van der Waals surface area contributed by atoms with Crippen LogP contribution in [0.1, 0.15) is 5.56 Å². The standard InChI is InChI=1S/C12H9Br3N2O/c13-8-4-9(14)11(10(15)5-8)18-6-7-2-1-3-17-12(7)16/h1-5H,6H2,(H2,16,17). The second-order valence-electron chi connectivity index (χ2n) is 3.54. The number of anilines is 1. The molecule has 18 heavy (non-hydrogen) atoms. The lowest BCUT2D eigenvalue weighted by atomic mass is 10.3. The molecule has 0 unspecified atom stereocenters. The molecular weight excluding hydrogens is 428 g/mol. The Hall–Kier alpha value is -0.590. The molecule has 1 aromatic heterocycles. The summed E-state index contributed by atoms with van der Waals surface area (Å²) in [5.74, 6) is 1.23. The fraction of sp³-hybridized carbons (Fsp3) is 0.0833. The largest absolute Gasteiger partial charge is 0.486 e. The molecule has 0 aliphatic rings. The maximum atomic E-state index is 5.76. The third kappa shape index (κ3) is 3.24. The van der Waals surface area contributed by atoms with Gasteiger partial charge in [-0.1, -0.05) is 22.0 Å². The normalized spacial score (nSPS) is 10.4. The average Bonchev–Trinajstić information content (AvgIpc) is 2.30. The van der Waals surface area contributed by atoms with Gasteiger partial charge in [-0.2, -0.15) is 0 Å². The number of halogens is 3. The maximum Gasteiger partial charge on any atom is 0.148 e. The van der Waals surface area contributed by atoms with Gasteiger partial charge in [-0.3, -0.25) is 0 Å². The van der Waals surface area contributed by atoms with E-state index in [0.29, 0.717) is 12.4 Å². The molecule has 0 aliphatic carbocycles. The molecule has 0 atom stereocenters. The van der Waals surface area contributed by atoms with E-state index in [2.05, 4.69) is 52.8 Å². The van der Waals surface area contributed by atoms with Crippen LogP contribution >= 0.6 is 47.8 Å². The summed E-state index contributed by atoms with van der Waals surface area (Å²) in [6, 6.07) is 7.57. The van der Waals surface area contributed by atoms with Crippen LogP contribution in [-0.4, -0.2) is 4.98 Å². The second kappa shape index (κ2) is 6.04. The maximum absolute atomic E-state index is 5.76. The molecule has 2 rings (SSSR count). The Labute approximate surface area is 130 Å². The molecule has 0 bridgehead atoms. The topological polar surface area (TPSA) is 48.1 Å². The highest BCUT2D eigenvalue weighted by atomic mass is 79.9. The van der Waals surface area contributed by atoms with Crippen molar-refractivity contribution < 1.29 is 4.74 Å². The van der Waals surface area contributed by atoms with E-state index < -0.39 is 0 Å². The Bertz CT molecular complexity index is 552. The lowest BCUT2D eigenvalue weighted by Crippen LogP contribution is -2.02. The predicted octanol–water partition coefficient (Wildman–Crippen LogP) is 4.53. The quantitative estimate of drug-likeness (QED) is 0.769. The summed E-state index contributed by atoms with van der Waals surface area (Å²) >= 11 is 10.3. The first-order valence-electron chi connectivity index (χ1n) is 5.04. The molecule has 94 valence electrons. The fourth-order valence-corrected chi connectivity index (χ4v) is 3.88. The van der Waals surface area contributed by atoms with E-state index in [0.717, 1.165) is 24.7 Å². The van der Waals surface area contributed by atoms with E-state index in [1.165, 1.54) is 0 Å². The first-order valence-corrected chi connectivity index (χ1v) is 7.42. The van der Waals surface area contributed by atoms with E-state index in [1.807, 2.05) is 24.3 Å². The third-order valence-electron chi connectivity index (χ3n) is 2.26. The molecule has 0 spiro atoms. The van der Waals surface area contributed by atoms with E-state index in [9.17, 15) is 0 Å². The molecule has 0 aliphatic heterocycles. The fourth-order valence-electron chi connectivity index (χ4n) is 1.39. The van der Waals surface area contributed by atoms with Crippen LogP contribution in [0.4, 0.5) is 5.82 Å². The van der Waals surface area contributed by atoms with Crippen molar-refractivity contribution in [3.63, 3.8) is 0 Å². The van der Waals surface area contributed by atoms with Gasteiger partial charge in [0.25, 0.3) is 0 Å². The molecule has 3 nitrogen and oxygen atoms in total. The minimum atomic E-state index is 0.374. The molecule has 2 N–H and O–H groups in total. The number of benzene rings is 1. The SMILES string of the molecule is Nc1ncccc1COc1c(Br)cc(Br)cc1Br. The summed E-state index contributed by atoms with van der Waals surface area (Å²) in [7, 11) is 0. The lowest BCUT2D eigenvalue weighted by molar-refractivity contribution is 0.302. The van der Waals surface area contributed by atoms with Gasteiger partial charge >= 0.3 is 0 Å². The smallest absolute Gasteiger partial charge is 0.148 e. The second-order valence-corrected chi connectivity index (χ2v) is 6.16. The number of pyridine rings is 1. The summed E-state index contributed by atoms with van der Waals surface area (Å²) in [5.41, 5.74) is 6.62. The zero-order chi connectivity index (χ0) is 13.1. The van der Waals surface area contributed by atoms with Crippen molar-refractivity contribution in [3.8, 4) is 5.75 Å². The van der Waals surface area contributed by atoms with Gasteiger partial charge in [0.1, 0.15) is 18.2 Å². The van der Waals surface area contributed by atoms with Crippen molar-refractivity contribution in [1.29, 1.82) is 0 Å². The molecule has 0 fully saturated rings. The van der Waals surface area contributed by atoms with Crippen molar-refractivity contribution in [3.05, 3.63) is 49.4 Å². The highest BCUT2D eigenvalue weighted by Gasteiger charge is 2.09. The van der Waals surface area contributed by atoms with Crippen molar-refractivity contribution in [2.45, 2.75) is 6.61 Å². The predicted molar refractivity (Wildman–Crippen MR) is 82.5 cm³/mol. The highest BCUT2D eigenvalue weighted by molar-refractivity contribution is 9.11. The summed E-state index contributed by atoms with van der Waals surface area (Å²) in [4.78, 5) is 4.02. The number of ether oxygens (including phenoxy) is 1. The Morgan fingerprint density at radius 3 is 2.44 bits per heavy atom. The molecule has 0 saturated heterocycles. The van der Waals surface area contributed by atoms with Gasteiger partial charge in [-0.25, -0.2) is 4.98 Å². The molecular formula is C12H9Br3N2O. The highest BCUT2D eigenvalue weighted by Crippen LogP contribution is 2.36. The molecule has 0 amide bonds. The van der Waals surface area contributed by atoms with Crippen molar-refractivity contribution in [2.75, 3.05) is 5.73 Å². The number of nitrogens with two attached hydrogens (primary N) is 1. The molecule has 1 heterocycles. The summed E-state index contributed by atoms with van der Waals surface area (Å²) in [6.07, 6.45) is 1.66. The summed E-state index contributed by atoms with van der Waals surface area (Å²) in [6.45, 7) is 0.374. The van der Waals surface area contributed by atoms with Gasteiger partial charge in [0.05, 0.1) is 8.95 Å². The molecule has 2 aromatic rings. The van der Waals surface area contributed by atoms with Crippen LogP contribution in [0.25, 0.3) is 0 Å². The van der Waals surface area contributed by atoms with Crippen LogP contribution in [0, 0.1) is 0 Å². The Balaban J connectivity index is 2.19. The number of nitrogen functional groups attached to an aromatic ring is 1. The molecule has 0 saturated carbocycles. The monoisotopic (exact) mass is 434 g/mol. The number of hydrogen-bond acceptors (Lipinski definition) is 3. The van der Waals surface area contributed by atoms with Crippen LogP contribution in [-0.2, 0) is 6.61 Å². The summed E-state index contributed by atoms with van der Waals surface area (Å²) < 4.78 is 8.46. The van der Waals surface area contributed by atoms with Crippen LogP contribution in [0.5, 0.6) is 5.75 Å². The molecule has 6 heteroatoms. The zero-order valence-corrected chi connectivity index (χ0v) is 13.9. The number of hydrogen-bond donors (Lipinski definition) is 1. The molecule has 1 aromatic carbocycles. The van der Waals surface area contributed by atoms with E-state index in [-0.39, 0.29) is 0 Å². The Morgan fingerprint density at radius 2 is 1.83 bits per heavy atom. The van der Waals surface area contributed by atoms with Gasteiger partial charge < -0.3 is 10.5 Å². The summed E-state index contributed by atoms with van der Waals surface area (Å²) in [5, 5.41) is 0. The van der Waals surface area contributed by atoms with Gasteiger partial charge in [0.2, 0.25) is 0 Å². The van der Waals surface area contributed by atoms with Gasteiger partial charge in [-0.05, 0) is 50.1 Å². The zero-order valence-electron chi connectivity index (χ0n) is 9.16. The third-order valence-corrected chi connectivity index (χ3v) is 3.90. The molecule has 0 radical (unpaired) electrons. The van der Waals surface area contributed by atoms with Crippen LogP contribution in [0.15, 0.2) is 43.9 Å². The number of nitrogens with zero attached hydrogens (tertiary/aromatic N) is 1. The van der Waals surface area contributed by atoms with E-state index in [4.69, 9.17) is 10.5 Å².